The maximum absolute atomic E-state index is 12.3. The number of fused-ring (bicyclic) bond motifs is 1. The third-order valence-electron chi connectivity index (χ3n) is 4.00. The van der Waals surface area contributed by atoms with E-state index in [1.165, 1.54) is 13.2 Å². The molecule has 0 radical (unpaired) electrons. The van der Waals surface area contributed by atoms with E-state index < -0.39 is 18.0 Å². The normalized spacial score (nSPS) is 15.3. The summed E-state index contributed by atoms with van der Waals surface area (Å²) in [6, 6.07) is 11.9. The lowest BCUT2D eigenvalue weighted by Gasteiger charge is -2.25. The first-order chi connectivity index (χ1) is 12.5. The molecule has 2 N–H and O–H groups in total. The zero-order valence-corrected chi connectivity index (χ0v) is 14.4. The molecule has 26 heavy (non-hydrogen) atoms. The minimum Gasteiger partial charge on any atom is -0.478 e. The van der Waals surface area contributed by atoms with Crippen molar-refractivity contribution in [3.63, 3.8) is 0 Å². The number of amides is 2. The predicted octanol–water partition coefficient (Wildman–Crippen LogP) is 2.51. The van der Waals surface area contributed by atoms with E-state index >= 15 is 0 Å². The van der Waals surface area contributed by atoms with Crippen LogP contribution in [0.4, 0.5) is 11.4 Å². The molecule has 2 aromatic carbocycles. The summed E-state index contributed by atoms with van der Waals surface area (Å²) in [6.45, 7) is 1.77. The number of carbonyl (C=O) groups is 3. The van der Waals surface area contributed by atoms with Gasteiger partial charge in [0.15, 0.2) is 6.10 Å². The number of benzene rings is 2. The number of methoxy groups -OCH3 is 1. The molecule has 1 heterocycles. The van der Waals surface area contributed by atoms with E-state index in [1.54, 1.807) is 43.3 Å². The van der Waals surface area contributed by atoms with Crippen molar-refractivity contribution < 1.29 is 23.9 Å². The summed E-state index contributed by atoms with van der Waals surface area (Å²) in [6.07, 6.45) is -1.07. The first kappa shape index (κ1) is 17.5. The molecule has 0 aromatic heterocycles. The zero-order valence-electron chi connectivity index (χ0n) is 14.4. The highest BCUT2D eigenvalue weighted by Gasteiger charge is 2.29. The van der Waals surface area contributed by atoms with Crippen LogP contribution in [-0.4, -0.2) is 31.0 Å². The summed E-state index contributed by atoms with van der Waals surface area (Å²) in [5.74, 6) is -0.736. The number of nitrogens with one attached hydrogen (secondary N) is 2. The van der Waals surface area contributed by atoms with Crippen LogP contribution < -0.4 is 15.4 Å². The molecule has 1 unspecified atom stereocenters. The largest absolute Gasteiger partial charge is 0.478 e. The molecule has 1 aliphatic heterocycles. The molecule has 3 rings (SSSR count). The lowest BCUT2D eigenvalue weighted by atomic mass is 10.1. The summed E-state index contributed by atoms with van der Waals surface area (Å²) >= 11 is 0. The third-order valence-corrected chi connectivity index (χ3v) is 4.00. The van der Waals surface area contributed by atoms with Gasteiger partial charge in [-0.2, -0.15) is 0 Å². The highest BCUT2D eigenvalue weighted by Crippen LogP contribution is 2.29. The molecule has 2 aromatic rings. The Bertz CT molecular complexity index is 878. The molecule has 134 valence electrons. The third kappa shape index (κ3) is 3.66. The van der Waals surface area contributed by atoms with Crippen LogP contribution in [0.3, 0.4) is 0 Å². The maximum Gasteiger partial charge on any atom is 0.338 e. The van der Waals surface area contributed by atoms with Crippen molar-refractivity contribution in [1.29, 1.82) is 0 Å². The molecule has 0 bridgehead atoms. The number of esters is 1. The van der Waals surface area contributed by atoms with Gasteiger partial charge in [-0.25, -0.2) is 4.79 Å². The smallest absolute Gasteiger partial charge is 0.338 e. The molecular weight excluding hydrogens is 336 g/mol. The molecular formula is C19H18N2O5. The van der Waals surface area contributed by atoms with E-state index in [1.807, 2.05) is 0 Å². The molecule has 0 saturated carbocycles. The van der Waals surface area contributed by atoms with Gasteiger partial charge in [0, 0.05) is 5.69 Å². The number of aryl methyl sites for hydroxylation is 1. The average Bonchev–Trinajstić information content (AvgIpc) is 2.63. The van der Waals surface area contributed by atoms with Gasteiger partial charge in [-0.05, 0) is 36.8 Å². The highest BCUT2D eigenvalue weighted by atomic mass is 16.5. The Balaban J connectivity index is 1.68. The monoisotopic (exact) mass is 354 g/mol. The average molecular weight is 354 g/mol. The molecule has 1 aliphatic rings. The second-order valence-corrected chi connectivity index (χ2v) is 5.87. The fourth-order valence-electron chi connectivity index (χ4n) is 2.64. The van der Waals surface area contributed by atoms with Crippen LogP contribution in [0.5, 0.6) is 5.75 Å². The van der Waals surface area contributed by atoms with Crippen molar-refractivity contribution in [2.24, 2.45) is 0 Å². The Morgan fingerprint density at radius 1 is 1.23 bits per heavy atom. The summed E-state index contributed by atoms with van der Waals surface area (Å²) in [4.78, 5) is 36.1. The van der Waals surface area contributed by atoms with E-state index in [0.29, 0.717) is 22.7 Å². The van der Waals surface area contributed by atoms with E-state index in [2.05, 4.69) is 10.6 Å². The number of rotatable bonds is 4. The molecule has 2 amide bonds. The molecule has 0 fully saturated rings. The van der Waals surface area contributed by atoms with Crippen molar-refractivity contribution in [1.82, 2.24) is 0 Å². The number of anilines is 2. The predicted molar refractivity (Wildman–Crippen MR) is 95.3 cm³/mol. The summed E-state index contributed by atoms with van der Waals surface area (Å²) in [5, 5.41) is 5.39. The Morgan fingerprint density at radius 3 is 2.77 bits per heavy atom. The van der Waals surface area contributed by atoms with Gasteiger partial charge in [0.1, 0.15) is 5.75 Å². The van der Waals surface area contributed by atoms with Crippen molar-refractivity contribution in [3.05, 3.63) is 53.6 Å². The Hall–Kier alpha value is -3.35. The second kappa shape index (κ2) is 7.26. The standard InChI is InChI=1S/C19H18N2O5/c1-11-7-8-12(9-13(11)19(24)25-2)20-17(22)10-16-18(23)21-14-5-3-4-6-15(14)26-16/h3-9,16H,10H2,1-2H3,(H,20,22)(H,21,23). The van der Waals surface area contributed by atoms with Gasteiger partial charge < -0.3 is 20.1 Å². The van der Waals surface area contributed by atoms with Crippen molar-refractivity contribution in [2.75, 3.05) is 17.7 Å². The lowest BCUT2D eigenvalue weighted by molar-refractivity contribution is -0.128. The first-order valence-electron chi connectivity index (χ1n) is 8.03. The van der Waals surface area contributed by atoms with Crippen LogP contribution in [0, 0.1) is 6.92 Å². The lowest BCUT2D eigenvalue weighted by Crippen LogP contribution is -2.39. The minimum atomic E-state index is -0.921. The Kier molecular flexibility index (Phi) is 4.88. The van der Waals surface area contributed by atoms with Crippen LogP contribution in [0.25, 0.3) is 0 Å². The fourth-order valence-corrected chi connectivity index (χ4v) is 2.64. The number of carbonyl (C=O) groups excluding carboxylic acids is 3. The van der Waals surface area contributed by atoms with Gasteiger partial charge in [-0.15, -0.1) is 0 Å². The maximum atomic E-state index is 12.3. The quantitative estimate of drug-likeness (QED) is 0.823. The van der Waals surface area contributed by atoms with Crippen molar-refractivity contribution >= 4 is 29.2 Å². The van der Waals surface area contributed by atoms with Crippen LogP contribution in [0.1, 0.15) is 22.3 Å². The first-order valence-corrected chi connectivity index (χ1v) is 8.03. The molecule has 0 aliphatic carbocycles. The Morgan fingerprint density at radius 2 is 2.00 bits per heavy atom. The summed E-state index contributed by atoms with van der Waals surface area (Å²) < 4.78 is 10.3. The fraction of sp³-hybridized carbons (Fsp3) is 0.211. The van der Waals surface area contributed by atoms with Crippen LogP contribution >= 0.6 is 0 Å². The molecule has 0 spiro atoms. The number of para-hydroxylation sites is 2. The second-order valence-electron chi connectivity index (χ2n) is 5.87. The summed E-state index contributed by atoms with van der Waals surface area (Å²) in [7, 11) is 1.30. The van der Waals surface area contributed by atoms with Gasteiger partial charge in [0.2, 0.25) is 5.91 Å². The Labute approximate surface area is 150 Å². The highest BCUT2D eigenvalue weighted by molar-refractivity contribution is 6.02. The van der Waals surface area contributed by atoms with Crippen molar-refractivity contribution in [3.8, 4) is 5.75 Å². The SMILES string of the molecule is COC(=O)c1cc(NC(=O)CC2Oc3ccccc3NC2=O)ccc1C. The van der Waals surface area contributed by atoms with Crippen molar-refractivity contribution in [2.45, 2.75) is 19.4 Å². The topological polar surface area (TPSA) is 93.7 Å². The summed E-state index contributed by atoms with van der Waals surface area (Å²) in [5.41, 5.74) is 2.13. The molecule has 0 saturated heterocycles. The van der Waals surface area contributed by atoms with E-state index in [4.69, 9.17) is 9.47 Å². The van der Waals surface area contributed by atoms with E-state index in [0.717, 1.165) is 5.56 Å². The number of hydrogen-bond acceptors (Lipinski definition) is 5. The van der Waals surface area contributed by atoms with Gasteiger partial charge in [0.05, 0.1) is 24.8 Å². The van der Waals surface area contributed by atoms with E-state index in [9.17, 15) is 14.4 Å². The van der Waals surface area contributed by atoms with E-state index in [-0.39, 0.29) is 12.3 Å². The van der Waals surface area contributed by atoms with Crippen LogP contribution in [0.2, 0.25) is 0 Å². The zero-order chi connectivity index (χ0) is 18.7. The van der Waals surface area contributed by atoms with Gasteiger partial charge in [-0.3, -0.25) is 9.59 Å². The van der Waals surface area contributed by atoms with Gasteiger partial charge in [0.25, 0.3) is 5.91 Å². The van der Waals surface area contributed by atoms with Gasteiger partial charge >= 0.3 is 5.97 Å². The number of ether oxygens (including phenoxy) is 2. The molecule has 7 heteroatoms. The molecule has 7 nitrogen and oxygen atoms in total. The van der Waals surface area contributed by atoms with Crippen LogP contribution in [0.15, 0.2) is 42.5 Å². The van der Waals surface area contributed by atoms with Gasteiger partial charge in [-0.1, -0.05) is 18.2 Å². The minimum absolute atomic E-state index is 0.151. The van der Waals surface area contributed by atoms with Crippen LogP contribution in [-0.2, 0) is 14.3 Å². The molecule has 1 atom stereocenters. The number of hydrogen-bond donors (Lipinski definition) is 2.